The summed E-state index contributed by atoms with van der Waals surface area (Å²) in [6.45, 7) is 4.19. The molecule has 0 saturated heterocycles. The van der Waals surface area contributed by atoms with Gasteiger partial charge in [-0.05, 0) is 49.7 Å². The van der Waals surface area contributed by atoms with E-state index in [2.05, 4.69) is 30.1 Å². The third kappa shape index (κ3) is 1.90. The molecule has 2 heterocycles. The Labute approximate surface area is 106 Å². The van der Waals surface area contributed by atoms with Crippen LogP contribution >= 0.6 is 0 Å². The van der Waals surface area contributed by atoms with Crippen LogP contribution < -0.4 is 10.5 Å². The van der Waals surface area contributed by atoms with Gasteiger partial charge < -0.3 is 10.5 Å². The maximum atomic E-state index is 5.85. The van der Waals surface area contributed by atoms with Crippen LogP contribution in [-0.4, -0.2) is 15.8 Å². The van der Waals surface area contributed by atoms with E-state index in [4.69, 9.17) is 10.5 Å². The maximum absolute atomic E-state index is 5.85. The zero-order chi connectivity index (χ0) is 12.8. The molecule has 1 aromatic heterocycles. The zero-order valence-corrected chi connectivity index (χ0v) is 10.5. The van der Waals surface area contributed by atoms with Crippen molar-refractivity contribution < 1.29 is 4.74 Å². The molecule has 0 unspecified atom stereocenters. The van der Waals surface area contributed by atoms with Gasteiger partial charge in [0.05, 0.1) is 5.69 Å². The number of nitrogens with zero attached hydrogens (tertiary/aromatic N) is 2. The average molecular weight is 241 g/mol. The zero-order valence-electron chi connectivity index (χ0n) is 10.5. The van der Waals surface area contributed by atoms with Crippen molar-refractivity contribution in [2.24, 2.45) is 0 Å². The molecule has 0 atom stereocenters. The molecule has 4 nitrogen and oxygen atoms in total. The summed E-state index contributed by atoms with van der Waals surface area (Å²) in [6.07, 6.45) is 0.915. The molecule has 1 aliphatic rings. The van der Waals surface area contributed by atoms with Gasteiger partial charge in [-0.1, -0.05) is 0 Å². The van der Waals surface area contributed by atoms with Gasteiger partial charge in [-0.15, -0.1) is 10.2 Å². The summed E-state index contributed by atoms with van der Waals surface area (Å²) in [6, 6.07) is 9.75. The second kappa shape index (κ2) is 3.70. The van der Waals surface area contributed by atoms with Crippen molar-refractivity contribution in [2.75, 3.05) is 5.73 Å². The first-order valence-electron chi connectivity index (χ1n) is 5.95. The molecule has 1 aromatic carbocycles. The lowest BCUT2D eigenvalue weighted by Gasteiger charge is -2.16. The second-order valence-corrected chi connectivity index (χ2v) is 5.20. The van der Waals surface area contributed by atoms with E-state index in [0.29, 0.717) is 5.82 Å². The Hall–Kier alpha value is -2.10. The Balaban J connectivity index is 1.99. The van der Waals surface area contributed by atoms with Gasteiger partial charge in [-0.3, -0.25) is 0 Å². The van der Waals surface area contributed by atoms with E-state index in [9.17, 15) is 0 Å². The Bertz CT molecular complexity index is 590. The van der Waals surface area contributed by atoms with Crippen LogP contribution in [0.4, 0.5) is 5.82 Å². The van der Waals surface area contributed by atoms with Crippen LogP contribution in [-0.2, 0) is 6.42 Å². The largest absolute Gasteiger partial charge is 0.487 e. The molecular weight excluding hydrogens is 226 g/mol. The summed E-state index contributed by atoms with van der Waals surface area (Å²) in [7, 11) is 0. The Kier molecular flexibility index (Phi) is 2.26. The molecule has 18 heavy (non-hydrogen) atoms. The summed E-state index contributed by atoms with van der Waals surface area (Å²) in [4.78, 5) is 0. The monoisotopic (exact) mass is 241 g/mol. The van der Waals surface area contributed by atoms with Crippen LogP contribution in [0.3, 0.4) is 0 Å². The smallest absolute Gasteiger partial charge is 0.146 e. The standard InChI is InChI=1S/C14H15N3O/c1-14(2)8-10-7-9(3-5-12(10)18-14)11-4-6-13(15)17-16-11/h3-7H,8H2,1-2H3,(H2,15,17). The third-order valence-corrected chi connectivity index (χ3v) is 3.04. The van der Waals surface area contributed by atoms with E-state index in [1.807, 2.05) is 18.2 Å². The molecule has 0 radical (unpaired) electrons. The Morgan fingerprint density at radius 3 is 2.72 bits per heavy atom. The number of nitrogens with two attached hydrogens (primary N) is 1. The van der Waals surface area contributed by atoms with Crippen molar-refractivity contribution in [3.05, 3.63) is 35.9 Å². The van der Waals surface area contributed by atoms with E-state index in [0.717, 1.165) is 23.4 Å². The highest BCUT2D eigenvalue weighted by atomic mass is 16.5. The molecule has 2 aromatic rings. The van der Waals surface area contributed by atoms with E-state index >= 15 is 0 Å². The SMILES string of the molecule is CC1(C)Cc2cc(-c3ccc(N)nn3)ccc2O1. The summed E-state index contributed by atoms with van der Waals surface area (Å²) in [5.41, 5.74) is 8.51. The van der Waals surface area contributed by atoms with E-state index in [-0.39, 0.29) is 5.60 Å². The number of fused-ring (bicyclic) bond motifs is 1. The van der Waals surface area contributed by atoms with Gasteiger partial charge in [0, 0.05) is 12.0 Å². The number of benzene rings is 1. The average Bonchev–Trinajstić information content (AvgIpc) is 2.62. The molecule has 92 valence electrons. The molecule has 4 heteroatoms. The van der Waals surface area contributed by atoms with Crippen molar-refractivity contribution in [2.45, 2.75) is 25.9 Å². The van der Waals surface area contributed by atoms with Gasteiger partial charge in [-0.2, -0.15) is 0 Å². The highest BCUT2D eigenvalue weighted by Crippen LogP contribution is 2.36. The van der Waals surface area contributed by atoms with Crippen molar-refractivity contribution in [3.63, 3.8) is 0 Å². The minimum absolute atomic E-state index is 0.117. The highest BCUT2D eigenvalue weighted by Gasteiger charge is 2.29. The van der Waals surface area contributed by atoms with Gasteiger partial charge in [0.25, 0.3) is 0 Å². The Morgan fingerprint density at radius 2 is 2.00 bits per heavy atom. The fourth-order valence-electron chi connectivity index (χ4n) is 2.27. The van der Waals surface area contributed by atoms with Crippen LogP contribution in [0.5, 0.6) is 5.75 Å². The van der Waals surface area contributed by atoms with Gasteiger partial charge in [0.2, 0.25) is 0 Å². The first-order valence-corrected chi connectivity index (χ1v) is 5.95. The van der Waals surface area contributed by atoms with Crippen molar-refractivity contribution in [1.82, 2.24) is 10.2 Å². The summed E-state index contributed by atoms with van der Waals surface area (Å²) < 4.78 is 5.85. The number of anilines is 1. The lowest BCUT2D eigenvalue weighted by molar-refractivity contribution is 0.138. The molecular formula is C14H15N3O. The molecule has 0 amide bonds. The quantitative estimate of drug-likeness (QED) is 0.833. The highest BCUT2D eigenvalue weighted by molar-refractivity contribution is 5.63. The lowest BCUT2D eigenvalue weighted by atomic mass is 9.99. The number of rotatable bonds is 1. The molecule has 3 rings (SSSR count). The van der Waals surface area contributed by atoms with Gasteiger partial charge in [0.15, 0.2) is 0 Å². The molecule has 1 aliphatic heterocycles. The van der Waals surface area contributed by atoms with Gasteiger partial charge >= 0.3 is 0 Å². The topological polar surface area (TPSA) is 61.0 Å². The minimum atomic E-state index is -0.117. The molecule has 0 bridgehead atoms. The first kappa shape index (κ1) is 11.0. The van der Waals surface area contributed by atoms with Gasteiger partial charge in [0.1, 0.15) is 17.2 Å². The van der Waals surface area contributed by atoms with E-state index in [1.54, 1.807) is 6.07 Å². The Morgan fingerprint density at radius 1 is 1.17 bits per heavy atom. The number of aromatic nitrogens is 2. The van der Waals surface area contributed by atoms with Crippen LogP contribution in [0.15, 0.2) is 30.3 Å². The summed E-state index contributed by atoms with van der Waals surface area (Å²) in [5.74, 6) is 1.40. The molecule has 0 saturated carbocycles. The maximum Gasteiger partial charge on any atom is 0.146 e. The predicted molar refractivity (Wildman–Crippen MR) is 70.3 cm³/mol. The number of hydrogen-bond acceptors (Lipinski definition) is 4. The molecule has 0 aliphatic carbocycles. The fraction of sp³-hybridized carbons (Fsp3) is 0.286. The van der Waals surface area contributed by atoms with Crippen LogP contribution in [0.25, 0.3) is 11.3 Å². The normalized spacial score (nSPS) is 16.1. The predicted octanol–water partition coefficient (Wildman–Crippen LogP) is 2.44. The molecule has 2 N–H and O–H groups in total. The molecule has 0 spiro atoms. The lowest BCUT2D eigenvalue weighted by Crippen LogP contribution is -2.24. The second-order valence-electron chi connectivity index (χ2n) is 5.20. The van der Waals surface area contributed by atoms with Crippen LogP contribution in [0.2, 0.25) is 0 Å². The van der Waals surface area contributed by atoms with Crippen molar-refractivity contribution in [1.29, 1.82) is 0 Å². The summed E-state index contributed by atoms with van der Waals surface area (Å²) >= 11 is 0. The number of nitrogen functional groups attached to an aromatic ring is 1. The van der Waals surface area contributed by atoms with E-state index in [1.165, 1.54) is 5.56 Å². The van der Waals surface area contributed by atoms with Crippen LogP contribution in [0.1, 0.15) is 19.4 Å². The fourth-order valence-corrected chi connectivity index (χ4v) is 2.27. The van der Waals surface area contributed by atoms with Crippen molar-refractivity contribution in [3.8, 4) is 17.0 Å². The first-order chi connectivity index (χ1) is 8.53. The number of hydrogen-bond donors (Lipinski definition) is 1. The van der Waals surface area contributed by atoms with E-state index < -0.39 is 0 Å². The third-order valence-electron chi connectivity index (χ3n) is 3.04. The van der Waals surface area contributed by atoms with Crippen LogP contribution in [0, 0.1) is 0 Å². The number of ether oxygens (including phenoxy) is 1. The summed E-state index contributed by atoms with van der Waals surface area (Å²) in [5, 5.41) is 7.97. The van der Waals surface area contributed by atoms with Crippen molar-refractivity contribution >= 4 is 5.82 Å². The molecule has 0 fully saturated rings. The minimum Gasteiger partial charge on any atom is -0.487 e. The van der Waals surface area contributed by atoms with Gasteiger partial charge in [-0.25, -0.2) is 0 Å².